The number of aliphatic hydroxyl groups excluding tert-OH is 1. The number of amides is 1. The molecule has 2 aromatic rings. The number of hydrogen-bond acceptors (Lipinski definition) is 9. The van der Waals surface area contributed by atoms with Crippen LogP contribution in [0.4, 0.5) is 21.5 Å². The van der Waals surface area contributed by atoms with E-state index in [0.29, 0.717) is 24.5 Å². The van der Waals surface area contributed by atoms with Crippen LogP contribution in [0.15, 0.2) is 29.8 Å². The Morgan fingerprint density at radius 3 is 2.52 bits per heavy atom. The lowest BCUT2D eigenvalue weighted by Crippen LogP contribution is -2.29. The number of nitrogens with zero attached hydrogens (tertiary/aromatic N) is 3. The van der Waals surface area contributed by atoms with Gasteiger partial charge in [0.15, 0.2) is 11.3 Å². The molecule has 1 amide bonds. The lowest BCUT2D eigenvalue weighted by Gasteiger charge is -2.23. The van der Waals surface area contributed by atoms with Crippen LogP contribution in [0.2, 0.25) is 0 Å². The number of carbonyl (C=O) groups is 1. The first-order chi connectivity index (χ1) is 15.7. The summed E-state index contributed by atoms with van der Waals surface area (Å²) in [5, 5.41) is 47.3. The zero-order valence-electron chi connectivity index (χ0n) is 17.7. The van der Waals surface area contributed by atoms with Gasteiger partial charge >= 0.3 is 5.69 Å². The summed E-state index contributed by atoms with van der Waals surface area (Å²) in [4.78, 5) is 24.2. The summed E-state index contributed by atoms with van der Waals surface area (Å²) in [7, 11) is 2.46. The van der Waals surface area contributed by atoms with Gasteiger partial charge in [0, 0.05) is 43.9 Å². The number of ether oxygens (including phenoxy) is 1. The Morgan fingerprint density at radius 1 is 1.30 bits per heavy atom. The average molecular weight is 457 g/mol. The molecule has 12 heteroatoms. The van der Waals surface area contributed by atoms with Crippen molar-refractivity contribution in [3.63, 3.8) is 0 Å². The van der Waals surface area contributed by atoms with Gasteiger partial charge in [-0.2, -0.15) is 5.26 Å². The summed E-state index contributed by atoms with van der Waals surface area (Å²) >= 11 is 0. The molecule has 0 saturated heterocycles. The van der Waals surface area contributed by atoms with E-state index in [1.165, 1.54) is 13.1 Å². The molecule has 0 aromatic heterocycles. The lowest BCUT2D eigenvalue weighted by molar-refractivity contribution is -0.386. The van der Waals surface area contributed by atoms with Crippen molar-refractivity contribution in [2.75, 3.05) is 37.9 Å². The van der Waals surface area contributed by atoms with Crippen LogP contribution in [0.5, 0.6) is 11.5 Å². The third-order valence-corrected chi connectivity index (χ3v) is 5.00. The number of fused-ring (bicyclic) bond motifs is 1. The normalized spacial score (nSPS) is 12.9. The first-order valence-electron chi connectivity index (χ1n) is 9.62. The van der Waals surface area contributed by atoms with Gasteiger partial charge in [-0.25, -0.2) is 4.39 Å². The smallest absolute Gasteiger partial charge is 0.315 e. The largest absolute Gasteiger partial charge is 0.506 e. The second-order valence-corrected chi connectivity index (χ2v) is 7.14. The van der Waals surface area contributed by atoms with Crippen LogP contribution in [0.1, 0.15) is 11.1 Å². The molecule has 0 radical (unpaired) electrons. The van der Waals surface area contributed by atoms with E-state index in [-0.39, 0.29) is 23.4 Å². The first-order valence-corrected chi connectivity index (χ1v) is 9.62. The van der Waals surface area contributed by atoms with E-state index in [9.17, 15) is 34.8 Å². The summed E-state index contributed by atoms with van der Waals surface area (Å²) in [6.07, 6.45) is 0. The van der Waals surface area contributed by atoms with Crippen LogP contribution in [0, 0.1) is 27.3 Å². The zero-order valence-corrected chi connectivity index (χ0v) is 17.7. The van der Waals surface area contributed by atoms with Gasteiger partial charge in [-0.15, -0.1) is 0 Å². The van der Waals surface area contributed by atoms with Crippen LogP contribution < -0.4 is 15.4 Å². The molecule has 0 bridgehead atoms. The summed E-state index contributed by atoms with van der Waals surface area (Å²) in [6, 6.07) is 6.28. The third-order valence-electron chi connectivity index (χ3n) is 5.00. The van der Waals surface area contributed by atoms with E-state index in [4.69, 9.17) is 4.74 Å². The minimum Gasteiger partial charge on any atom is -0.506 e. The number of aromatic hydroxyl groups is 1. The second-order valence-electron chi connectivity index (χ2n) is 7.14. The van der Waals surface area contributed by atoms with Crippen LogP contribution in [0.25, 0.3) is 5.76 Å². The fraction of sp³-hybridized carbons (Fsp3) is 0.238. The van der Waals surface area contributed by atoms with Gasteiger partial charge in [0.25, 0.3) is 5.91 Å². The summed E-state index contributed by atoms with van der Waals surface area (Å²) in [6.45, 7) is 1.07. The Hall–Kier alpha value is -4.53. The number of nitro benzene ring substituents is 1. The van der Waals surface area contributed by atoms with Crippen molar-refractivity contribution in [1.82, 2.24) is 4.90 Å². The molecule has 3 rings (SSSR count). The SMILES string of the molecule is COc1cc(/C(O)=C(\C#N)C(=O)N(C)Cc2cc3c(cc2F)NCCN3)cc([N+](=O)[O-])c1O. The van der Waals surface area contributed by atoms with E-state index in [1.54, 1.807) is 12.1 Å². The number of benzene rings is 2. The number of hydrogen-bond donors (Lipinski definition) is 4. The van der Waals surface area contributed by atoms with E-state index in [2.05, 4.69) is 10.6 Å². The Bertz CT molecular complexity index is 1210. The van der Waals surface area contributed by atoms with Crippen LogP contribution in [-0.2, 0) is 11.3 Å². The first kappa shape index (κ1) is 23.1. The van der Waals surface area contributed by atoms with Crippen molar-refractivity contribution in [2.24, 2.45) is 0 Å². The van der Waals surface area contributed by atoms with Crippen LogP contribution >= 0.6 is 0 Å². The molecular formula is C21H20FN5O6. The highest BCUT2D eigenvalue weighted by Gasteiger charge is 2.26. The van der Waals surface area contributed by atoms with Crippen molar-refractivity contribution >= 4 is 28.7 Å². The molecule has 1 aliphatic heterocycles. The quantitative estimate of drug-likeness (QED) is 0.168. The number of nitriles is 1. The molecular weight excluding hydrogens is 437 g/mol. The Morgan fingerprint density at radius 2 is 1.94 bits per heavy atom. The molecule has 1 aliphatic rings. The minimum absolute atomic E-state index is 0.180. The van der Waals surface area contributed by atoms with Gasteiger partial charge in [0.2, 0.25) is 5.75 Å². The monoisotopic (exact) mass is 457 g/mol. The number of halogens is 1. The summed E-state index contributed by atoms with van der Waals surface area (Å²) in [5.41, 5.74) is -0.358. The molecule has 0 spiro atoms. The molecule has 2 aromatic carbocycles. The molecule has 1 heterocycles. The number of methoxy groups -OCH3 is 1. The van der Waals surface area contributed by atoms with Gasteiger partial charge in [-0.05, 0) is 18.2 Å². The maximum absolute atomic E-state index is 14.5. The molecule has 0 atom stereocenters. The highest BCUT2D eigenvalue weighted by molar-refractivity contribution is 6.03. The molecule has 0 fully saturated rings. The number of nitro groups is 1. The number of phenolic OH excluding ortho intramolecular Hbond substituents is 1. The van der Waals surface area contributed by atoms with Crippen molar-refractivity contribution in [3.05, 3.63) is 56.9 Å². The number of phenols is 1. The minimum atomic E-state index is -0.937. The molecule has 4 N–H and O–H groups in total. The fourth-order valence-electron chi connectivity index (χ4n) is 3.32. The van der Waals surface area contributed by atoms with E-state index >= 15 is 0 Å². The molecule has 0 saturated carbocycles. The second kappa shape index (κ2) is 9.31. The van der Waals surface area contributed by atoms with Crippen molar-refractivity contribution in [1.29, 1.82) is 5.26 Å². The highest BCUT2D eigenvalue weighted by Crippen LogP contribution is 2.39. The van der Waals surface area contributed by atoms with Gasteiger partial charge in [0.05, 0.1) is 23.4 Å². The molecule has 33 heavy (non-hydrogen) atoms. The van der Waals surface area contributed by atoms with Gasteiger partial charge in [-0.1, -0.05) is 0 Å². The Labute approximate surface area is 187 Å². The van der Waals surface area contributed by atoms with Crippen molar-refractivity contribution in [2.45, 2.75) is 6.54 Å². The lowest BCUT2D eigenvalue weighted by atomic mass is 10.1. The van der Waals surface area contributed by atoms with Gasteiger partial charge in [0.1, 0.15) is 17.6 Å². The predicted octanol–water partition coefficient (Wildman–Crippen LogP) is 2.74. The van der Waals surface area contributed by atoms with E-state index in [0.717, 1.165) is 24.1 Å². The topological polar surface area (TPSA) is 161 Å². The van der Waals surface area contributed by atoms with E-state index < -0.39 is 39.4 Å². The number of likely N-dealkylation sites (N-methyl/N-ethyl adjacent to an activating group) is 1. The summed E-state index contributed by atoms with van der Waals surface area (Å²) in [5.74, 6) is -3.45. The maximum atomic E-state index is 14.5. The highest BCUT2D eigenvalue weighted by atomic mass is 19.1. The standard InChI is InChI=1S/C21H20FN5O6/c1-26(10-12-5-15-16(8-14(12)22)25-4-3-24-15)21(30)13(9-23)19(28)11-6-17(27(31)32)20(29)18(7-11)33-2/h5-8,24-25,28-29H,3-4,10H2,1-2H3/b19-13-. The van der Waals surface area contributed by atoms with Crippen LogP contribution in [-0.4, -0.2) is 53.2 Å². The Kier molecular flexibility index (Phi) is 6.53. The predicted molar refractivity (Wildman–Crippen MR) is 116 cm³/mol. The fourth-order valence-corrected chi connectivity index (χ4v) is 3.32. The number of aliphatic hydroxyl groups is 1. The van der Waals surface area contributed by atoms with E-state index in [1.807, 2.05) is 0 Å². The zero-order chi connectivity index (χ0) is 24.3. The van der Waals surface area contributed by atoms with Crippen LogP contribution in [0.3, 0.4) is 0 Å². The average Bonchev–Trinajstić information content (AvgIpc) is 2.79. The van der Waals surface area contributed by atoms with Crippen molar-refractivity contribution in [3.8, 4) is 17.6 Å². The molecule has 11 nitrogen and oxygen atoms in total. The maximum Gasteiger partial charge on any atom is 0.315 e. The molecule has 0 aliphatic carbocycles. The van der Waals surface area contributed by atoms with Gasteiger partial charge < -0.3 is 30.5 Å². The van der Waals surface area contributed by atoms with Crippen molar-refractivity contribution < 1.29 is 29.1 Å². The number of anilines is 2. The third kappa shape index (κ3) is 4.57. The summed E-state index contributed by atoms with van der Waals surface area (Å²) < 4.78 is 19.4. The Balaban J connectivity index is 1.94. The number of carbonyl (C=O) groups excluding carboxylic acids is 1. The molecule has 0 unspecified atom stereocenters. The number of rotatable bonds is 6. The van der Waals surface area contributed by atoms with Gasteiger partial charge in [-0.3, -0.25) is 14.9 Å². The molecule has 172 valence electrons. The number of nitrogens with one attached hydrogen (secondary N) is 2.